The largest absolute Gasteiger partial charge is 0.497 e. The summed E-state index contributed by atoms with van der Waals surface area (Å²) >= 11 is 0. The second kappa shape index (κ2) is 9.20. The molecule has 7 nitrogen and oxygen atoms in total. The summed E-state index contributed by atoms with van der Waals surface area (Å²) in [7, 11) is -2.11. The number of aromatic nitrogens is 1. The molecule has 1 aliphatic carbocycles. The maximum Gasteiger partial charge on any atom is 0.235 e. The normalized spacial score (nSPS) is 21.9. The number of rotatable bonds is 7. The topological polar surface area (TPSA) is 98.5 Å². The first-order valence-corrected chi connectivity index (χ1v) is 12.1. The molecule has 0 aliphatic heterocycles. The number of nitrogens with zero attached hydrogens (tertiary/aromatic N) is 1. The van der Waals surface area contributed by atoms with Crippen molar-refractivity contribution in [3.63, 3.8) is 0 Å². The van der Waals surface area contributed by atoms with Gasteiger partial charge in [-0.1, -0.05) is 32.8 Å². The quantitative estimate of drug-likeness (QED) is 0.716. The minimum atomic E-state index is -3.68. The van der Waals surface area contributed by atoms with Gasteiger partial charge in [0.1, 0.15) is 17.3 Å². The van der Waals surface area contributed by atoms with Crippen molar-refractivity contribution in [2.24, 2.45) is 11.8 Å². The van der Waals surface area contributed by atoms with E-state index in [4.69, 9.17) is 9.15 Å². The average Bonchev–Trinajstić information content (AvgIpc) is 3.04. The Hall–Kier alpha value is -2.35. The third-order valence-corrected chi connectivity index (χ3v) is 7.39. The third-order valence-electron chi connectivity index (χ3n) is 5.97. The number of ether oxygens (including phenoxy) is 1. The van der Waals surface area contributed by atoms with Crippen LogP contribution in [-0.2, 0) is 20.4 Å². The lowest BCUT2D eigenvalue weighted by Crippen LogP contribution is -2.45. The average molecular weight is 435 g/mol. The first kappa shape index (κ1) is 22.3. The molecular formula is C22H30N2O5S. The Morgan fingerprint density at radius 2 is 2.07 bits per heavy atom. The van der Waals surface area contributed by atoms with Crippen molar-refractivity contribution in [3.05, 3.63) is 35.7 Å². The molecule has 2 aromatic rings. The first-order valence-electron chi connectivity index (χ1n) is 10.3. The number of amides is 1. The molecule has 1 saturated carbocycles. The van der Waals surface area contributed by atoms with Crippen molar-refractivity contribution in [2.75, 3.05) is 12.9 Å². The molecule has 1 amide bonds. The molecule has 1 aromatic heterocycles. The predicted molar refractivity (Wildman–Crippen MR) is 115 cm³/mol. The Labute approximate surface area is 178 Å². The summed E-state index contributed by atoms with van der Waals surface area (Å²) in [4.78, 5) is 16.8. The van der Waals surface area contributed by atoms with Gasteiger partial charge in [0.05, 0.1) is 18.6 Å². The third kappa shape index (κ3) is 5.41. The van der Waals surface area contributed by atoms with Crippen LogP contribution in [-0.4, -0.2) is 38.2 Å². The van der Waals surface area contributed by atoms with Gasteiger partial charge in [0.2, 0.25) is 11.8 Å². The van der Waals surface area contributed by atoms with E-state index < -0.39 is 21.5 Å². The van der Waals surface area contributed by atoms with Gasteiger partial charge in [-0.3, -0.25) is 4.79 Å². The smallest absolute Gasteiger partial charge is 0.235 e. The number of aryl methyl sites for hydroxylation is 1. The van der Waals surface area contributed by atoms with E-state index in [1.54, 1.807) is 26.2 Å². The molecule has 1 aromatic carbocycles. The minimum absolute atomic E-state index is 0.0323. The fourth-order valence-corrected chi connectivity index (χ4v) is 5.20. The lowest BCUT2D eigenvalue weighted by atomic mass is 9.78. The number of hydrogen-bond acceptors (Lipinski definition) is 6. The molecule has 0 unspecified atom stereocenters. The fraction of sp³-hybridized carbons (Fsp3) is 0.545. The van der Waals surface area contributed by atoms with E-state index in [1.165, 1.54) is 0 Å². The SMILES string of the molecule is COc1cccc(-c2nc(CS(=O)(=O)CC(=O)N[C@@H]3CCC[C@@H](C)[C@H]3C)c(C)o2)c1. The van der Waals surface area contributed by atoms with Crippen LogP contribution in [0.2, 0.25) is 0 Å². The molecule has 8 heteroatoms. The molecule has 0 radical (unpaired) electrons. The lowest BCUT2D eigenvalue weighted by molar-refractivity contribution is -0.120. The number of carbonyl (C=O) groups is 1. The standard InChI is InChI=1S/C22H30N2O5S/c1-14-7-5-10-19(15(14)2)23-21(25)13-30(26,27)12-20-16(3)29-22(24-20)17-8-6-9-18(11-17)28-4/h6,8-9,11,14-15,19H,5,7,10,12-13H2,1-4H3,(H,23,25)/t14-,15-,19-/m1/s1. The molecule has 0 saturated heterocycles. The Bertz CT molecular complexity index is 999. The molecule has 1 N–H and O–H groups in total. The Kier molecular flexibility index (Phi) is 6.85. The van der Waals surface area contributed by atoms with Crippen LogP contribution in [0.4, 0.5) is 0 Å². The number of benzene rings is 1. The van der Waals surface area contributed by atoms with Crippen molar-refractivity contribution in [2.45, 2.75) is 51.8 Å². The van der Waals surface area contributed by atoms with Gasteiger partial charge in [-0.05, 0) is 43.4 Å². The lowest BCUT2D eigenvalue weighted by Gasteiger charge is -2.34. The van der Waals surface area contributed by atoms with E-state index in [0.717, 1.165) is 19.3 Å². The van der Waals surface area contributed by atoms with Gasteiger partial charge in [0, 0.05) is 11.6 Å². The van der Waals surface area contributed by atoms with Crippen LogP contribution in [0.25, 0.3) is 11.5 Å². The van der Waals surface area contributed by atoms with Crippen molar-refractivity contribution < 1.29 is 22.4 Å². The molecular weight excluding hydrogens is 404 g/mol. The first-order chi connectivity index (χ1) is 14.2. The summed E-state index contributed by atoms with van der Waals surface area (Å²) in [5.41, 5.74) is 1.01. The van der Waals surface area contributed by atoms with Crippen LogP contribution >= 0.6 is 0 Å². The monoisotopic (exact) mass is 434 g/mol. The maximum absolute atomic E-state index is 12.6. The van der Waals surface area contributed by atoms with E-state index in [1.807, 2.05) is 12.1 Å². The summed E-state index contributed by atoms with van der Waals surface area (Å²) in [6.45, 7) is 5.96. The second-order valence-electron chi connectivity index (χ2n) is 8.23. The van der Waals surface area contributed by atoms with Crippen molar-refractivity contribution in [1.82, 2.24) is 10.3 Å². The van der Waals surface area contributed by atoms with E-state index in [-0.39, 0.29) is 11.8 Å². The van der Waals surface area contributed by atoms with Crippen LogP contribution < -0.4 is 10.1 Å². The zero-order chi connectivity index (χ0) is 21.9. The highest BCUT2D eigenvalue weighted by molar-refractivity contribution is 7.91. The molecule has 1 aliphatic rings. The number of hydrogen-bond donors (Lipinski definition) is 1. The molecule has 3 rings (SSSR count). The molecule has 164 valence electrons. The van der Waals surface area contributed by atoms with Gasteiger partial charge in [-0.15, -0.1) is 0 Å². The zero-order valence-electron chi connectivity index (χ0n) is 18.0. The number of oxazole rings is 1. The molecule has 3 atom stereocenters. The summed E-state index contributed by atoms with van der Waals surface area (Å²) < 4.78 is 36.1. The van der Waals surface area contributed by atoms with Crippen LogP contribution in [0.1, 0.15) is 44.6 Å². The van der Waals surface area contributed by atoms with E-state index in [0.29, 0.717) is 40.5 Å². The van der Waals surface area contributed by atoms with Crippen LogP contribution in [0.3, 0.4) is 0 Å². The predicted octanol–water partition coefficient (Wildman–Crippen LogP) is 3.51. The van der Waals surface area contributed by atoms with E-state index in [2.05, 4.69) is 24.1 Å². The molecule has 1 fully saturated rings. The second-order valence-corrected chi connectivity index (χ2v) is 10.3. The number of sulfone groups is 1. The summed E-state index contributed by atoms with van der Waals surface area (Å²) in [6, 6.07) is 7.22. The van der Waals surface area contributed by atoms with Crippen LogP contribution in [0.15, 0.2) is 28.7 Å². The zero-order valence-corrected chi connectivity index (χ0v) is 18.8. The van der Waals surface area contributed by atoms with Gasteiger partial charge in [0.25, 0.3) is 0 Å². The Balaban J connectivity index is 1.66. The van der Waals surface area contributed by atoms with Gasteiger partial charge in [-0.25, -0.2) is 13.4 Å². The van der Waals surface area contributed by atoms with Crippen molar-refractivity contribution >= 4 is 15.7 Å². The maximum atomic E-state index is 12.6. The van der Waals surface area contributed by atoms with Crippen LogP contribution in [0.5, 0.6) is 5.75 Å². The molecule has 0 bridgehead atoms. The highest BCUT2D eigenvalue weighted by Crippen LogP contribution is 2.29. The Morgan fingerprint density at radius 1 is 1.30 bits per heavy atom. The number of nitrogens with one attached hydrogen (secondary N) is 1. The minimum Gasteiger partial charge on any atom is -0.497 e. The van der Waals surface area contributed by atoms with Gasteiger partial charge >= 0.3 is 0 Å². The summed E-state index contributed by atoms with van der Waals surface area (Å²) in [6.07, 6.45) is 3.09. The van der Waals surface area contributed by atoms with E-state index in [9.17, 15) is 13.2 Å². The van der Waals surface area contributed by atoms with Gasteiger partial charge in [0.15, 0.2) is 9.84 Å². The number of carbonyl (C=O) groups excluding carboxylic acids is 1. The number of methoxy groups -OCH3 is 1. The highest BCUT2D eigenvalue weighted by Gasteiger charge is 2.30. The fourth-order valence-electron chi connectivity index (χ4n) is 3.93. The Morgan fingerprint density at radius 3 is 2.80 bits per heavy atom. The van der Waals surface area contributed by atoms with E-state index >= 15 is 0 Å². The summed E-state index contributed by atoms with van der Waals surface area (Å²) in [5.74, 6) is 0.928. The summed E-state index contributed by atoms with van der Waals surface area (Å²) in [5, 5.41) is 2.92. The molecule has 0 spiro atoms. The molecule has 30 heavy (non-hydrogen) atoms. The van der Waals surface area contributed by atoms with Crippen molar-refractivity contribution in [3.8, 4) is 17.2 Å². The van der Waals surface area contributed by atoms with Gasteiger partial charge in [-0.2, -0.15) is 0 Å². The highest BCUT2D eigenvalue weighted by atomic mass is 32.2. The van der Waals surface area contributed by atoms with Gasteiger partial charge < -0.3 is 14.5 Å². The van der Waals surface area contributed by atoms with Crippen LogP contribution in [0, 0.1) is 18.8 Å². The van der Waals surface area contributed by atoms with Crippen molar-refractivity contribution in [1.29, 1.82) is 0 Å². The molecule has 1 heterocycles.